The summed E-state index contributed by atoms with van der Waals surface area (Å²) in [5, 5.41) is 5.05. The molecular formula is C19H21N3O6. The van der Waals surface area contributed by atoms with E-state index in [1.165, 1.54) is 14.2 Å². The molecule has 0 bridgehead atoms. The lowest BCUT2D eigenvalue weighted by Gasteiger charge is -2.07. The molecule has 2 amide bonds. The lowest BCUT2D eigenvalue weighted by atomic mass is 10.1. The van der Waals surface area contributed by atoms with Gasteiger partial charge in [-0.2, -0.15) is 0 Å². The molecule has 0 saturated heterocycles. The van der Waals surface area contributed by atoms with Crippen molar-refractivity contribution in [2.45, 2.75) is 13.8 Å². The van der Waals surface area contributed by atoms with Gasteiger partial charge in [0.25, 0.3) is 11.8 Å². The molecule has 9 nitrogen and oxygen atoms in total. The monoisotopic (exact) mass is 387 g/mol. The predicted octanol–water partition coefficient (Wildman–Crippen LogP) is 1.57. The third-order valence-corrected chi connectivity index (χ3v) is 4.02. The number of aryl methyl sites for hydroxylation is 1. The molecule has 0 fully saturated rings. The number of aromatic nitrogens is 1. The van der Waals surface area contributed by atoms with E-state index in [-0.39, 0.29) is 17.2 Å². The summed E-state index contributed by atoms with van der Waals surface area (Å²) in [6.07, 6.45) is 0. The maximum absolute atomic E-state index is 12.2. The zero-order chi connectivity index (χ0) is 20.8. The van der Waals surface area contributed by atoms with Gasteiger partial charge < -0.3 is 25.1 Å². The molecule has 0 aliphatic rings. The Bertz CT molecular complexity index is 914. The van der Waals surface area contributed by atoms with Gasteiger partial charge in [0, 0.05) is 24.0 Å². The highest BCUT2D eigenvalue weighted by Crippen LogP contribution is 2.19. The number of rotatable bonds is 6. The molecule has 148 valence electrons. The summed E-state index contributed by atoms with van der Waals surface area (Å²) in [7, 11) is 2.77. The second-order valence-corrected chi connectivity index (χ2v) is 5.90. The van der Waals surface area contributed by atoms with Gasteiger partial charge in [0.1, 0.15) is 5.69 Å². The van der Waals surface area contributed by atoms with E-state index >= 15 is 0 Å². The van der Waals surface area contributed by atoms with Crippen molar-refractivity contribution in [2.75, 3.05) is 26.1 Å². The average molecular weight is 387 g/mol. The molecule has 3 N–H and O–H groups in total. The Morgan fingerprint density at radius 1 is 1.04 bits per heavy atom. The van der Waals surface area contributed by atoms with Crippen molar-refractivity contribution in [1.82, 2.24) is 10.3 Å². The van der Waals surface area contributed by atoms with E-state index in [0.717, 1.165) is 0 Å². The first kappa shape index (κ1) is 20.7. The number of carbonyl (C=O) groups excluding carboxylic acids is 4. The van der Waals surface area contributed by atoms with Gasteiger partial charge in [0.15, 0.2) is 6.61 Å². The number of nitrogens with one attached hydrogen (secondary N) is 3. The van der Waals surface area contributed by atoms with Crippen molar-refractivity contribution in [2.24, 2.45) is 0 Å². The molecule has 1 aromatic heterocycles. The van der Waals surface area contributed by atoms with Gasteiger partial charge in [0.05, 0.1) is 12.7 Å². The Kier molecular flexibility index (Phi) is 6.54. The van der Waals surface area contributed by atoms with Crippen LogP contribution in [0.4, 0.5) is 5.69 Å². The minimum Gasteiger partial charge on any atom is -0.465 e. The molecule has 0 radical (unpaired) electrons. The van der Waals surface area contributed by atoms with Crippen LogP contribution >= 0.6 is 0 Å². The summed E-state index contributed by atoms with van der Waals surface area (Å²) in [6, 6.07) is 6.23. The number of H-pyrrole nitrogens is 1. The normalized spacial score (nSPS) is 10.1. The van der Waals surface area contributed by atoms with Crippen molar-refractivity contribution in [1.29, 1.82) is 0 Å². The van der Waals surface area contributed by atoms with Crippen LogP contribution < -0.4 is 10.6 Å². The van der Waals surface area contributed by atoms with Gasteiger partial charge in [-0.1, -0.05) is 0 Å². The molecule has 1 heterocycles. The second kappa shape index (κ2) is 8.85. The number of carbonyl (C=O) groups is 4. The van der Waals surface area contributed by atoms with Crippen molar-refractivity contribution in [3.05, 3.63) is 52.3 Å². The fraction of sp³-hybridized carbons (Fsp3) is 0.263. The average Bonchev–Trinajstić information content (AvgIpc) is 2.99. The van der Waals surface area contributed by atoms with E-state index in [1.807, 2.05) is 0 Å². The molecule has 0 spiro atoms. The van der Waals surface area contributed by atoms with Crippen LogP contribution in [0.1, 0.15) is 42.5 Å². The summed E-state index contributed by atoms with van der Waals surface area (Å²) in [4.78, 5) is 50.2. The van der Waals surface area contributed by atoms with Crippen LogP contribution in [-0.4, -0.2) is 49.5 Å². The van der Waals surface area contributed by atoms with Gasteiger partial charge in [-0.3, -0.25) is 9.59 Å². The number of methoxy groups -OCH3 is 1. The number of hydrogen-bond acceptors (Lipinski definition) is 6. The van der Waals surface area contributed by atoms with Crippen LogP contribution in [0.15, 0.2) is 24.3 Å². The molecule has 0 atom stereocenters. The molecule has 0 unspecified atom stereocenters. The summed E-state index contributed by atoms with van der Waals surface area (Å²) in [5.74, 6) is -2.12. The van der Waals surface area contributed by atoms with Crippen molar-refractivity contribution in [3.8, 4) is 0 Å². The number of benzene rings is 1. The maximum Gasteiger partial charge on any atom is 0.355 e. The summed E-state index contributed by atoms with van der Waals surface area (Å²) < 4.78 is 9.69. The zero-order valence-electron chi connectivity index (χ0n) is 16.0. The number of hydrogen-bond donors (Lipinski definition) is 3. The minimum atomic E-state index is -0.763. The molecule has 0 aliphatic heterocycles. The van der Waals surface area contributed by atoms with E-state index in [4.69, 9.17) is 4.74 Å². The van der Waals surface area contributed by atoms with Gasteiger partial charge in [-0.25, -0.2) is 9.59 Å². The highest BCUT2D eigenvalue weighted by molar-refractivity contribution is 6.00. The topological polar surface area (TPSA) is 127 Å². The van der Waals surface area contributed by atoms with Gasteiger partial charge in [-0.05, 0) is 43.7 Å². The van der Waals surface area contributed by atoms with Gasteiger partial charge in [-0.15, -0.1) is 0 Å². The first-order valence-corrected chi connectivity index (χ1v) is 8.35. The smallest absolute Gasteiger partial charge is 0.355 e. The quantitative estimate of drug-likeness (QED) is 0.646. The Balaban J connectivity index is 1.97. The Morgan fingerprint density at radius 3 is 2.25 bits per heavy atom. The third kappa shape index (κ3) is 4.56. The molecule has 0 saturated carbocycles. The highest BCUT2D eigenvalue weighted by atomic mass is 16.5. The standard InChI is InChI=1S/C19H21N3O6/c1-10-15(18(25)27-4)11(2)21-16(10)19(26)28-9-14(23)22-13-7-5-12(6-8-13)17(24)20-3/h5-8,21H,9H2,1-4H3,(H,20,24)(H,22,23). The van der Waals surface area contributed by atoms with Gasteiger partial charge >= 0.3 is 11.9 Å². The predicted molar refractivity (Wildman–Crippen MR) is 100 cm³/mol. The fourth-order valence-corrected chi connectivity index (χ4v) is 2.61. The van der Waals surface area contributed by atoms with Crippen molar-refractivity contribution in [3.63, 3.8) is 0 Å². The molecule has 28 heavy (non-hydrogen) atoms. The van der Waals surface area contributed by atoms with Crippen LogP contribution in [0, 0.1) is 13.8 Å². The van der Waals surface area contributed by atoms with E-state index < -0.39 is 24.5 Å². The number of aromatic amines is 1. The van der Waals surface area contributed by atoms with E-state index in [1.54, 1.807) is 38.1 Å². The van der Waals surface area contributed by atoms with E-state index in [0.29, 0.717) is 22.5 Å². The van der Waals surface area contributed by atoms with Crippen LogP contribution in [0.25, 0.3) is 0 Å². The minimum absolute atomic E-state index is 0.0839. The van der Waals surface area contributed by atoms with E-state index in [2.05, 4.69) is 20.4 Å². The summed E-state index contributed by atoms with van der Waals surface area (Å²) in [6.45, 7) is 2.70. The summed E-state index contributed by atoms with van der Waals surface area (Å²) in [5.41, 5.74) is 2.10. The first-order valence-electron chi connectivity index (χ1n) is 8.35. The number of ether oxygens (including phenoxy) is 2. The zero-order valence-corrected chi connectivity index (χ0v) is 16.0. The molecule has 1 aromatic carbocycles. The SMILES string of the molecule is CNC(=O)c1ccc(NC(=O)COC(=O)c2[nH]c(C)c(C(=O)OC)c2C)cc1. The second-order valence-electron chi connectivity index (χ2n) is 5.90. The maximum atomic E-state index is 12.2. The van der Waals surface area contributed by atoms with Gasteiger partial charge in [0.2, 0.25) is 0 Å². The van der Waals surface area contributed by atoms with E-state index in [9.17, 15) is 19.2 Å². The Morgan fingerprint density at radius 2 is 1.68 bits per heavy atom. The Labute approximate surface area is 161 Å². The van der Waals surface area contributed by atoms with Crippen LogP contribution in [0.3, 0.4) is 0 Å². The molecule has 9 heteroatoms. The number of esters is 2. The largest absolute Gasteiger partial charge is 0.465 e. The number of anilines is 1. The lowest BCUT2D eigenvalue weighted by molar-refractivity contribution is -0.119. The highest BCUT2D eigenvalue weighted by Gasteiger charge is 2.23. The number of amides is 2. The molecule has 2 rings (SSSR count). The molecule has 2 aromatic rings. The molecular weight excluding hydrogens is 366 g/mol. The van der Waals surface area contributed by atoms with Crippen LogP contribution in [-0.2, 0) is 14.3 Å². The van der Waals surface area contributed by atoms with Crippen molar-refractivity contribution >= 4 is 29.4 Å². The third-order valence-electron chi connectivity index (χ3n) is 4.02. The van der Waals surface area contributed by atoms with Crippen molar-refractivity contribution < 1.29 is 28.7 Å². The fourth-order valence-electron chi connectivity index (χ4n) is 2.61. The summed E-state index contributed by atoms with van der Waals surface area (Å²) >= 11 is 0. The first-order chi connectivity index (χ1) is 13.3. The van der Waals surface area contributed by atoms with Crippen LogP contribution in [0.2, 0.25) is 0 Å². The van der Waals surface area contributed by atoms with Crippen LogP contribution in [0.5, 0.6) is 0 Å². The Hall–Kier alpha value is -3.62. The molecule has 0 aliphatic carbocycles. The lowest BCUT2D eigenvalue weighted by Crippen LogP contribution is -2.21.